The first-order chi connectivity index (χ1) is 20.6. The van der Waals surface area contributed by atoms with Crippen molar-refractivity contribution in [3.63, 3.8) is 0 Å². The molecule has 1 fully saturated rings. The van der Waals surface area contributed by atoms with Gasteiger partial charge in [0.25, 0.3) is 0 Å². The molecule has 1 saturated heterocycles. The minimum Gasteiger partial charge on any atom is -0.493 e. The van der Waals surface area contributed by atoms with Crippen LogP contribution in [0.25, 0.3) is 0 Å². The average molecular weight is 610 g/mol. The van der Waals surface area contributed by atoms with Crippen LogP contribution in [0, 0.1) is 5.82 Å². The largest absolute Gasteiger partial charge is 0.493 e. The van der Waals surface area contributed by atoms with Gasteiger partial charge in [-0.2, -0.15) is 0 Å². The lowest BCUT2D eigenvalue weighted by atomic mass is 9.87. The molecule has 0 spiro atoms. The van der Waals surface area contributed by atoms with Crippen molar-refractivity contribution in [2.24, 2.45) is 0 Å². The number of pyridine rings is 1. The fourth-order valence-corrected chi connectivity index (χ4v) is 5.57. The third-order valence-electron chi connectivity index (χ3n) is 7.56. The number of amides is 2. The van der Waals surface area contributed by atoms with Crippen LogP contribution < -0.4 is 10.1 Å². The minimum absolute atomic E-state index is 0.133. The smallest absolute Gasteiger partial charge is 0.410 e. The number of rotatable bonds is 8. The molecule has 0 bridgehead atoms. The van der Waals surface area contributed by atoms with Crippen LogP contribution in [0.2, 0.25) is 5.02 Å². The van der Waals surface area contributed by atoms with E-state index in [0.29, 0.717) is 55.4 Å². The van der Waals surface area contributed by atoms with E-state index in [1.54, 1.807) is 4.90 Å². The molecular formula is C33H37ClFN3O5. The highest BCUT2D eigenvalue weighted by Crippen LogP contribution is 2.34. The van der Waals surface area contributed by atoms with Crippen LogP contribution in [-0.2, 0) is 27.1 Å². The Balaban J connectivity index is 1.28. The van der Waals surface area contributed by atoms with Gasteiger partial charge < -0.3 is 24.4 Å². The molecule has 2 atom stereocenters. The first-order valence-corrected chi connectivity index (χ1v) is 15.0. The second-order valence-corrected chi connectivity index (χ2v) is 12.4. The summed E-state index contributed by atoms with van der Waals surface area (Å²) in [4.78, 5) is 31.6. The number of ether oxygens (including phenoxy) is 3. The van der Waals surface area contributed by atoms with Gasteiger partial charge >= 0.3 is 6.09 Å². The zero-order valence-electron chi connectivity index (χ0n) is 24.7. The van der Waals surface area contributed by atoms with E-state index in [2.05, 4.69) is 16.4 Å². The van der Waals surface area contributed by atoms with Gasteiger partial charge in [-0.1, -0.05) is 35.9 Å². The summed E-state index contributed by atoms with van der Waals surface area (Å²) in [5, 5.41) is 3.52. The van der Waals surface area contributed by atoms with Crippen molar-refractivity contribution in [3.8, 4) is 5.75 Å². The van der Waals surface area contributed by atoms with Crippen molar-refractivity contribution in [2.75, 3.05) is 31.6 Å². The van der Waals surface area contributed by atoms with Gasteiger partial charge in [-0.15, -0.1) is 0 Å². The molecule has 3 heterocycles. The van der Waals surface area contributed by atoms with E-state index in [-0.39, 0.29) is 24.3 Å². The average Bonchev–Trinajstić information content (AvgIpc) is 3.44. The lowest BCUT2D eigenvalue weighted by Crippen LogP contribution is -2.47. The van der Waals surface area contributed by atoms with Crippen LogP contribution in [0.1, 0.15) is 61.8 Å². The Kier molecular flexibility index (Phi) is 9.52. The molecule has 3 aromatic rings. The molecule has 1 aromatic heterocycles. The van der Waals surface area contributed by atoms with E-state index in [4.69, 9.17) is 25.8 Å². The zero-order chi connectivity index (χ0) is 30.6. The Morgan fingerprint density at radius 3 is 2.67 bits per heavy atom. The topological polar surface area (TPSA) is 90.0 Å². The predicted molar refractivity (Wildman–Crippen MR) is 162 cm³/mol. The maximum atomic E-state index is 15.0. The van der Waals surface area contributed by atoms with Crippen LogP contribution >= 0.6 is 11.6 Å². The van der Waals surface area contributed by atoms with Gasteiger partial charge in [-0.05, 0) is 68.5 Å². The number of anilines is 1. The molecule has 0 radical (unpaired) electrons. The lowest BCUT2D eigenvalue weighted by molar-refractivity contribution is -0.116. The Hall–Kier alpha value is -3.69. The van der Waals surface area contributed by atoms with Gasteiger partial charge in [0.15, 0.2) is 0 Å². The summed E-state index contributed by atoms with van der Waals surface area (Å²) >= 11 is 6.15. The lowest BCUT2D eigenvalue weighted by Gasteiger charge is -2.34. The molecule has 43 heavy (non-hydrogen) atoms. The van der Waals surface area contributed by atoms with Crippen molar-refractivity contribution >= 4 is 29.3 Å². The molecule has 8 nitrogen and oxygen atoms in total. The summed E-state index contributed by atoms with van der Waals surface area (Å²) in [5.41, 5.74) is 3.12. The quantitative estimate of drug-likeness (QED) is 0.312. The maximum Gasteiger partial charge on any atom is 0.410 e. The van der Waals surface area contributed by atoms with Gasteiger partial charge in [0, 0.05) is 35.9 Å². The van der Waals surface area contributed by atoms with E-state index in [9.17, 15) is 9.59 Å². The van der Waals surface area contributed by atoms with E-state index >= 15 is 4.39 Å². The Labute approximate surface area is 256 Å². The number of aromatic nitrogens is 1. The molecular weight excluding hydrogens is 573 g/mol. The molecule has 5 rings (SSSR count). The number of nitrogens with one attached hydrogen (secondary N) is 1. The molecule has 2 aromatic carbocycles. The van der Waals surface area contributed by atoms with Crippen LogP contribution in [0.4, 0.5) is 14.9 Å². The Morgan fingerprint density at radius 2 is 1.91 bits per heavy atom. The molecule has 2 amide bonds. The molecule has 228 valence electrons. The van der Waals surface area contributed by atoms with E-state index in [1.807, 2.05) is 57.2 Å². The molecule has 1 N–H and O–H groups in total. The van der Waals surface area contributed by atoms with E-state index in [1.165, 1.54) is 6.20 Å². The van der Waals surface area contributed by atoms with Crippen molar-refractivity contribution in [2.45, 2.75) is 64.1 Å². The molecule has 0 aliphatic carbocycles. The first-order valence-electron chi connectivity index (χ1n) is 14.6. The molecule has 10 heteroatoms. The second kappa shape index (κ2) is 13.3. The summed E-state index contributed by atoms with van der Waals surface area (Å²) in [7, 11) is 0. The minimum atomic E-state index is -0.598. The fraction of sp³-hybridized carbons (Fsp3) is 0.424. The highest BCUT2D eigenvalue weighted by atomic mass is 35.5. The number of morpholine rings is 1. The van der Waals surface area contributed by atoms with Crippen LogP contribution in [0.15, 0.2) is 54.9 Å². The predicted octanol–water partition coefficient (Wildman–Crippen LogP) is 6.54. The molecule has 0 saturated carbocycles. The SMILES string of the molecule is CC(C)(C)OC(=O)N1CCO[C@H](CCc2c(F)cncc2NC(=O)C[C@@H](c2ccc(Cl)cc2)c2ccc3c(c2)CCO3)C1. The third-order valence-corrected chi connectivity index (χ3v) is 7.82. The monoisotopic (exact) mass is 609 g/mol. The van der Waals surface area contributed by atoms with Crippen molar-refractivity contribution in [3.05, 3.63) is 88.0 Å². The number of fused-ring (bicyclic) bond motifs is 1. The van der Waals surface area contributed by atoms with Gasteiger partial charge in [-0.25, -0.2) is 9.18 Å². The number of benzene rings is 2. The molecule has 2 aliphatic heterocycles. The van der Waals surface area contributed by atoms with E-state index in [0.717, 1.165) is 35.1 Å². The number of hydrogen-bond donors (Lipinski definition) is 1. The summed E-state index contributed by atoms with van der Waals surface area (Å²) in [5.74, 6) is -0.154. The zero-order valence-corrected chi connectivity index (χ0v) is 25.5. The summed E-state index contributed by atoms with van der Waals surface area (Å²) in [6, 6.07) is 13.5. The second-order valence-electron chi connectivity index (χ2n) is 11.9. The van der Waals surface area contributed by atoms with Crippen LogP contribution in [0.3, 0.4) is 0 Å². The van der Waals surface area contributed by atoms with Crippen LogP contribution in [-0.4, -0.2) is 59.9 Å². The van der Waals surface area contributed by atoms with Crippen LogP contribution in [0.5, 0.6) is 5.75 Å². The summed E-state index contributed by atoms with van der Waals surface area (Å²) in [6.07, 6.45) is 3.62. The normalized spacial score (nSPS) is 17.1. The number of carbonyl (C=O) groups excluding carboxylic acids is 2. The first kappa shape index (κ1) is 30.8. The standard InChI is InChI=1S/C33H37ClFN3O5/c1-33(2,3)43-32(40)38-13-15-41-25(20-38)9-10-26-28(35)18-36-19-29(26)37-31(39)17-27(21-4-7-24(34)8-5-21)22-6-11-30-23(16-22)12-14-42-30/h4-8,11,16,18-19,25,27H,9-10,12-15,17,20H2,1-3H3,(H,37,39)/t25-,27+/m1/s1. The molecule has 2 aliphatic rings. The van der Waals surface area contributed by atoms with Gasteiger partial charge in [-0.3, -0.25) is 9.78 Å². The van der Waals surface area contributed by atoms with Gasteiger partial charge in [0.1, 0.15) is 17.2 Å². The van der Waals surface area contributed by atoms with Crippen molar-refractivity contribution in [1.29, 1.82) is 0 Å². The Morgan fingerprint density at radius 1 is 1.14 bits per heavy atom. The van der Waals surface area contributed by atoms with Gasteiger partial charge in [0.05, 0.1) is 43.9 Å². The number of hydrogen-bond acceptors (Lipinski definition) is 6. The highest BCUT2D eigenvalue weighted by molar-refractivity contribution is 6.30. The highest BCUT2D eigenvalue weighted by Gasteiger charge is 2.29. The molecule has 0 unspecified atom stereocenters. The Bertz CT molecular complexity index is 1460. The fourth-order valence-electron chi connectivity index (χ4n) is 5.45. The summed E-state index contributed by atoms with van der Waals surface area (Å²) in [6.45, 7) is 7.26. The summed E-state index contributed by atoms with van der Waals surface area (Å²) < 4.78 is 32.1. The maximum absolute atomic E-state index is 15.0. The number of halogens is 2. The van der Waals surface area contributed by atoms with E-state index < -0.39 is 17.5 Å². The number of carbonyl (C=O) groups is 2. The van der Waals surface area contributed by atoms with Crippen molar-refractivity contribution < 1.29 is 28.2 Å². The third kappa shape index (κ3) is 8.03. The van der Waals surface area contributed by atoms with Gasteiger partial charge in [0.2, 0.25) is 5.91 Å². The van der Waals surface area contributed by atoms with Crippen molar-refractivity contribution in [1.82, 2.24) is 9.88 Å². The number of nitrogens with zero attached hydrogens (tertiary/aromatic N) is 2.